The lowest BCUT2D eigenvalue weighted by atomic mass is 9.95. The first kappa shape index (κ1) is 22.4. The zero-order chi connectivity index (χ0) is 18.0. The summed E-state index contributed by atoms with van der Waals surface area (Å²) in [6.45, 7) is 1.36. The van der Waals surface area contributed by atoms with E-state index in [0.717, 1.165) is 0 Å². The second-order valence-electron chi connectivity index (χ2n) is 4.53. The molecule has 0 saturated carbocycles. The number of carbonyl (C=O) groups is 1. The van der Waals surface area contributed by atoms with Gasteiger partial charge in [-0.1, -0.05) is 0 Å². The van der Waals surface area contributed by atoms with E-state index < -0.39 is 53.3 Å². The summed E-state index contributed by atoms with van der Waals surface area (Å²) in [5.41, 5.74) is 0.482. The number of alkyl halides is 6. The van der Waals surface area contributed by atoms with E-state index >= 15 is 0 Å². The number of rotatable bonds is 4. The van der Waals surface area contributed by atoms with Crippen LogP contribution in [0.25, 0.3) is 0 Å². The fourth-order valence-corrected chi connectivity index (χ4v) is 1.89. The first-order chi connectivity index (χ1) is 10.4. The van der Waals surface area contributed by atoms with Crippen LogP contribution in [0.5, 0.6) is 0 Å². The number of hydrogen-bond donors (Lipinski definition) is 1. The minimum atomic E-state index is -5.27. The maximum absolute atomic E-state index is 13.8. The lowest BCUT2D eigenvalue weighted by molar-refractivity contribution is -0.146. The number of esters is 1. The highest BCUT2D eigenvalue weighted by Gasteiger charge is 2.41. The number of halogens is 8. The van der Waals surface area contributed by atoms with Crippen molar-refractivity contribution in [2.75, 3.05) is 6.61 Å². The molecule has 1 rings (SSSR count). The zero-order valence-corrected chi connectivity index (χ0v) is 12.9. The molecule has 0 aliphatic heterocycles. The summed E-state index contributed by atoms with van der Waals surface area (Å²) in [7, 11) is 0. The Morgan fingerprint density at radius 3 is 2.12 bits per heavy atom. The third-order valence-electron chi connectivity index (χ3n) is 2.82. The number of carbonyl (C=O) groups excluding carboxylic acids is 1. The molecule has 1 aromatic carbocycles. The number of nitrogens with two attached hydrogens (primary N) is 1. The summed E-state index contributed by atoms with van der Waals surface area (Å²) in [4.78, 5) is 11.2. The first-order valence-corrected chi connectivity index (χ1v) is 6.27. The molecule has 11 heteroatoms. The topological polar surface area (TPSA) is 52.3 Å². The van der Waals surface area contributed by atoms with Crippen LogP contribution in [0.15, 0.2) is 12.1 Å². The third-order valence-corrected chi connectivity index (χ3v) is 2.82. The quantitative estimate of drug-likeness (QED) is 0.625. The number of benzene rings is 1. The molecule has 0 spiro atoms. The maximum Gasteiger partial charge on any atom is 0.416 e. The van der Waals surface area contributed by atoms with E-state index in [-0.39, 0.29) is 31.1 Å². The van der Waals surface area contributed by atoms with Crippen molar-refractivity contribution in [3.8, 4) is 0 Å². The average molecular weight is 384 g/mol. The van der Waals surface area contributed by atoms with Crippen LogP contribution >= 0.6 is 12.4 Å². The molecule has 0 heterocycles. The van der Waals surface area contributed by atoms with Gasteiger partial charge in [0.05, 0.1) is 24.2 Å². The lowest BCUT2D eigenvalue weighted by Gasteiger charge is -2.20. The smallest absolute Gasteiger partial charge is 0.416 e. The van der Waals surface area contributed by atoms with E-state index in [9.17, 15) is 35.5 Å². The van der Waals surface area contributed by atoms with Crippen molar-refractivity contribution in [2.24, 2.45) is 5.73 Å². The number of ether oxygens (including phenoxy) is 1. The molecule has 0 unspecified atom stereocenters. The fraction of sp³-hybridized carbons (Fsp3) is 0.462. The van der Waals surface area contributed by atoms with Crippen molar-refractivity contribution >= 4 is 18.4 Å². The van der Waals surface area contributed by atoms with E-state index in [1.54, 1.807) is 0 Å². The molecule has 0 radical (unpaired) electrons. The molecule has 0 aliphatic rings. The Hall–Kier alpha value is -1.55. The highest BCUT2D eigenvalue weighted by atomic mass is 35.5. The molecule has 3 nitrogen and oxygen atoms in total. The highest BCUT2D eigenvalue weighted by molar-refractivity contribution is 5.85. The molecule has 2 N–H and O–H groups in total. The second-order valence-corrected chi connectivity index (χ2v) is 4.53. The van der Waals surface area contributed by atoms with Gasteiger partial charge in [-0.3, -0.25) is 4.79 Å². The fourth-order valence-electron chi connectivity index (χ4n) is 1.89. The lowest BCUT2D eigenvalue weighted by Crippen LogP contribution is -2.24. The van der Waals surface area contributed by atoms with E-state index in [1.807, 2.05) is 0 Å². The van der Waals surface area contributed by atoms with Crippen LogP contribution in [0.1, 0.15) is 36.1 Å². The van der Waals surface area contributed by atoms with Crippen molar-refractivity contribution in [1.29, 1.82) is 0 Å². The largest absolute Gasteiger partial charge is 0.466 e. The van der Waals surface area contributed by atoms with Gasteiger partial charge in [0.2, 0.25) is 0 Å². The third kappa shape index (κ3) is 5.52. The van der Waals surface area contributed by atoms with Gasteiger partial charge in [-0.15, -0.1) is 12.4 Å². The monoisotopic (exact) mass is 383 g/mol. The molecule has 0 amide bonds. The number of hydrogen-bond acceptors (Lipinski definition) is 3. The van der Waals surface area contributed by atoms with Gasteiger partial charge in [-0.05, 0) is 19.1 Å². The summed E-state index contributed by atoms with van der Waals surface area (Å²) in [6.07, 6.45) is -11.2. The molecular formula is C13H13ClF7NO2. The van der Waals surface area contributed by atoms with Crippen molar-refractivity contribution in [2.45, 2.75) is 31.7 Å². The van der Waals surface area contributed by atoms with Crippen LogP contribution < -0.4 is 5.73 Å². The summed E-state index contributed by atoms with van der Waals surface area (Å²) >= 11 is 0. The van der Waals surface area contributed by atoms with Crippen LogP contribution in [0, 0.1) is 5.82 Å². The molecule has 0 fully saturated rings. The molecule has 1 atom stereocenters. The summed E-state index contributed by atoms with van der Waals surface area (Å²) in [5.74, 6) is -2.78. The average Bonchev–Trinajstić information content (AvgIpc) is 2.35. The molecule has 0 aliphatic carbocycles. The van der Waals surface area contributed by atoms with Gasteiger partial charge in [-0.2, -0.15) is 26.3 Å². The Bertz CT molecular complexity index is 587. The first-order valence-electron chi connectivity index (χ1n) is 6.27. The predicted molar refractivity (Wildman–Crippen MR) is 71.8 cm³/mol. The zero-order valence-electron chi connectivity index (χ0n) is 12.1. The Morgan fingerprint density at radius 1 is 1.17 bits per heavy atom. The minimum Gasteiger partial charge on any atom is -0.466 e. The van der Waals surface area contributed by atoms with Gasteiger partial charge in [-0.25, -0.2) is 4.39 Å². The van der Waals surface area contributed by atoms with Gasteiger partial charge >= 0.3 is 18.3 Å². The Kier molecular flexibility index (Phi) is 7.50. The molecule has 24 heavy (non-hydrogen) atoms. The van der Waals surface area contributed by atoms with Gasteiger partial charge in [0.25, 0.3) is 0 Å². The minimum absolute atomic E-state index is 0. The highest BCUT2D eigenvalue weighted by Crippen LogP contribution is 2.40. The van der Waals surface area contributed by atoms with E-state index in [1.165, 1.54) is 6.92 Å². The van der Waals surface area contributed by atoms with Gasteiger partial charge in [0.1, 0.15) is 5.82 Å². The van der Waals surface area contributed by atoms with Crippen LogP contribution in [-0.2, 0) is 21.9 Å². The summed E-state index contributed by atoms with van der Waals surface area (Å²) in [6, 6.07) is -2.12. The second kappa shape index (κ2) is 8.02. The SMILES string of the molecule is CCOC(=O)C[C@@H](N)c1c(F)cc(C(F)(F)F)cc1C(F)(F)F.Cl. The van der Waals surface area contributed by atoms with Crippen molar-refractivity contribution in [1.82, 2.24) is 0 Å². The molecule has 138 valence electrons. The van der Waals surface area contributed by atoms with Crippen LogP contribution in [0.4, 0.5) is 30.7 Å². The molecule has 0 saturated heterocycles. The normalized spacial score (nSPS) is 13.2. The van der Waals surface area contributed by atoms with Crippen LogP contribution in [0.2, 0.25) is 0 Å². The summed E-state index contributed by atoms with van der Waals surface area (Å²) < 4.78 is 94.7. The molecule has 1 aromatic rings. The standard InChI is InChI=1S/C13H12F7NO2.ClH/c1-2-23-10(22)5-9(21)11-7(13(18,19)20)3-6(4-8(11)14)12(15,16)17;/h3-4,9H,2,5,21H2,1H3;1H/t9-;/m1./s1. The molecule has 0 aromatic heterocycles. The van der Waals surface area contributed by atoms with Crippen molar-refractivity contribution in [3.05, 3.63) is 34.6 Å². The Labute approximate surface area is 138 Å². The van der Waals surface area contributed by atoms with Gasteiger partial charge in [0, 0.05) is 11.6 Å². The molecule has 0 bridgehead atoms. The van der Waals surface area contributed by atoms with Gasteiger partial charge < -0.3 is 10.5 Å². The maximum atomic E-state index is 13.8. The van der Waals surface area contributed by atoms with E-state index in [4.69, 9.17) is 5.73 Å². The van der Waals surface area contributed by atoms with Crippen molar-refractivity contribution < 1.29 is 40.3 Å². The Morgan fingerprint density at radius 2 is 1.71 bits per heavy atom. The predicted octanol–water partition coefficient (Wildman–Crippen LogP) is 4.24. The van der Waals surface area contributed by atoms with Crippen LogP contribution in [0.3, 0.4) is 0 Å². The summed E-state index contributed by atoms with van der Waals surface area (Å²) in [5, 5.41) is 0. The van der Waals surface area contributed by atoms with E-state index in [0.29, 0.717) is 0 Å². The van der Waals surface area contributed by atoms with Gasteiger partial charge in [0.15, 0.2) is 0 Å². The van der Waals surface area contributed by atoms with Crippen LogP contribution in [-0.4, -0.2) is 12.6 Å². The molecular weight excluding hydrogens is 371 g/mol. The van der Waals surface area contributed by atoms with Crippen molar-refractivity contribution in [3.63, 3.8) is 0 Å². The van der Waals surface area contributed by atoms with E-state index in [2.05, 4.69) is 4.74 Å². The Balaban J connectivity index is 0.00000529.